The van der Waals surface area contributed by atoms with E-state index in [1.165, 1.54) is 58.6 Å². The van der Waals surface area contributed by atoms with Gasteiger partial charge in [-0.25, -0.2) is 0 Å². The first kappa shape index (κ1) is 25.9. The molecule has 0 radical (unpaired) electrons. The summed E-state index contributed by atoms with van der Waals surface area (Å²) in [6.07, 6.45) is 0. The van der Waals surface area contributed by atoms with Crippen LogP contribution in [0.3, 0.4) is 0 Å². The van der Waals surface area contributed by atoms with Crippen LogP contribution in [-0.2, 0) is 5.41 Å². The zero-order chi connectivity index (χ0) is 30.6. The number of para-hydroxylation sites is 1. The minimum Gasteiger partial charge on any atom is -0.455 e. The number of hydrogen-bond acceptors (Lipinski definition) is 3. The molecule has 10 rings (SSSR count). The second-order valence-electron chi connectivity index (χ2n) is 13.0. The Balaban J connectivity index is 1.21. The summed E-state index contributed by atoms with van der Waals surface area (Å²) in [7, 11) is 0. The molecular formula is C43H29NOS. The van der Waals surface area contributed by atoms with Crippen molar-refractivity contribution in [1.82, 2.24) is 0 Å². The van der Waals surface area contributed by atoms with E-state index in [2.05, 4.69) is 158 Å². The molecule has 7 aromatic carbocycles. The molecule has 0 amide bonds. The average molecular weight is 608 g/mol. The molecule has 46 heavy (non-hydrogen) atoms. The van der Waals surface area contributed by atoms with E-state index < -0.39 is 0 Å². The van der Waals surface area contributed by atoms with Gasteiger partial charge in [0.1, 0.15) is 11.2 Å². The third-order valence-corrected chi connectivity index (χ3v) is 11.2. The highest BCUT2D eigenvalue weighted by molar-refractivity contribution is 7.26. The lowest BCUT2D eigenvalue weighted by atomic mass is 9.82. The molecule has 3 heteroatoms. The van der Waals surface area contributed by atoms with Gasteiger partial charge in [0, 0.05) is 53.4 Å². The van der Waals surface area contributed by atoms with Crippen LogP contribution in [-0.4, -0.2) is 0 Å². The lowest BCUT2D eigenvalue weighted by Gasteiger charge is -2.27. The topological polar surface area (TPSA) is 16.4 Å². The minimum absolute atomic E-state index is 0.0274. The number of anilines is 3. The van der Waals surface area contributed by atoms with Crippen LogP contribution in [0.15, 0.2) is 144 Å². The van der Waals surface area contributed by atoms with Gasteiger partial charge in [-0.05, 0) is 99.8 Å². The molecule has 0 saturated carbocycles. The number of benzene rings is 7. The van der Waals surface area contributed by atoms with Crippen molar-refractivity contribution in [2.75, 3.05) is 4.90 Å². The van der Waals surface area contributed by atoms with Crippen LogP contribution in [0.25, 0.3) is 64.0 Å². The largest absolute Gasteiger partial charge is 0.455 e. The fourth-order valence-electron chi connectivity index (χ4n) is 7.78. The van der Waals surface area contributed by atoms with Crippen molar-refractivity contribution in [3.63, 3.8) is 0 Å². The summed E-state index contributed by atoms with van der Waals surface area (Å²) in [5.41, 5.74) is 10.7. The summed E-state index contributed by atoms with van der Waals surface area (Å²) >= 11 is 1.83. The van der Waals surface area contributed by atoms with Crippen molar-refractivity contribution >= 4 is 81.3 Å². The van der Waals surface area contributed by atoms with Gasteiger partial charge < -0.3 is 9.32 Å². The highest BCUT2D eigenvalue weighted by Gasteiger charge is 2.35. The van der Waals surface area contributed by atoms with Crippen LogP contribution in [0.1, 0.15) is 25.0 Å². The molecule has 218 valence electrons. The third-order valence-electron chi connectivity index (χ3n) is 10.0. The highest BCUT2D eigenvalue weighted by atomic mass is 32.1. The normalized spacial score (nSPS) is 13.6. The molecule has 0 fully saturated rings. The SMILES string of the molecule is CC1(C)c2ccccc2-c2cc(N(c3ccccc3)c3ccc4sc5ccc6c7cc8ccccc8cc7oc6c5c4c3)ccc21. The molecule has 0 unspecified atom stereocenters. The monoisotopic (exact) mass is 607 g/mol. The third kappa shape index (κ3) is 3.58. The Kier molecular flexibility index (Phi) is 5.25. The van der Waals surface area contributed by atoms with Crippen LogP contribution in [0.5, 0.6) is 0 Å². The molecule has 2 nitrogen and oxygen atoms in total. The summed E-state index contributed by atoms with van der Waals surface area (Å²) in [5, 5.41) is 7.17. The molecule has 0 bridgehead atoms. The maximum atomic E-state index is 6.71. The van der Waals surface area contributed by atoms with E-state index >= 15 is 0 Å². The maximum Gasteiger partial charge on any atom is 0.144 e. The van der Waals surface area contributed by atoms with Gasteiger partial charge in [0.15, 0.2) is 0 Å². The molecule has 0 spiro atoms. The summed E-state index contributed by atoms with van der Waals surface area (Å²) < 4.78 is 9.21. The van der Waals surface area contributed by atoms with Crippen molar-refractivity contribution < 1.29 is 4.42 Å². The second-order valence-corrected chi connectivity index (χ2v) is 14.1. The van der Waals surface area contributed by atoms with E-state index in [-0.39, 0.29) is 5.41 Å². The van der Waals surface area contributed by atoms with Crippen molar-refractivity contribution in [3.8, 4) is 11.1 Å². The molecular weight excluding hydrogens is 579 g/mol. The summed E-state index contributed by atoms with van der Waals surface area (Å²) in [5.74, 6) is 0. The van der Waals surface area contributed by atoms with Gasteiger partial charge in [0.2, 0.25) is 0 Å². The fourth-order valence-corrected chi connectivity index (χ4v) is 8.86. The Morgan fingerprint density at radius 2 is 1.22 bits per heavy atom. The zero-order valence-electron chi connectivity index (χ0n) is 25.5. The Hall–Kier alpha value is -5.38. The van der Waals surface area contributed by atoms with Gasteiger partial charge in [-0.3, -0.25) is 0 Å². The van der Waals surface area contributed by atoms with Gasteiger partial charge in [-0.2, -0.15) is 0 Å². The number of nitrogens with zero attached hydrogens (tertiary/aromatic N) is 1. The number of rotatable bonds is 3. The molecule has 9 aromatic rings. The number of thiophene rings is 1. The maximum absolute atomic E-state index is 6.71. The first-order valence-electron chi connectivity index (χ1n) is 15.8. The van der Waals surface area contributed by atoms with Crippen molar-refractivity contribution in [3.05, 3.63) is 151 Å². The average Bonchev–Trinajstić information content (AvgIpc) is 3.71. The van der Waals surface area contributed by atoms with E-state index in [1.54, 1.807) is 0 Å². The lowest BCUT2D eigenvalue weighted by molar-refractivity contribution is 0.660. The van der Waals surface area contributed by atoms with Crippen LogP contribution >= 0.6 is 11.3 Å². The van der Waals surface area contributed by atoms with E-state index in [9.17, 15) is 0 Å². The standard InChI is InChI=1S/C43H29NOS/c1-43(2)36-15-9-8-14-31(36)33-24-29(16-19-37(33)43)44(28-12-4-3-5-13-28)30-17-20-39-35(25-30)41-40(46-39)21-18-32-34-22-26-10-6-7-11-27(26)23-38(34)45-42(32)41/h3-25H,1-2H3. The smallest absolute Gasteiger partial charge is 0.144 e. The van der Waals surface area contributed by atoms with Crippen LogP contribution in [0.2, 0.25) is 0 Å². The summed E-state index contributed by atoms with van der Waals surface area (Å²) in [4.78, 5) is 2.39. The van der Waals surface area contributed by atoms with Crippen LogP contribution in [0.4, 0.5) is 17.1 Å². The highest BCUT2D eigenvalue weighted by Crippen LogP contribution is 2.51. The van der Waals surface area contributed by atoms with Crippen molar-refractivity contribution in [2.24, 2.45) is 0 Å². The molecule has 0 saturated heterocycles. The Bertz CT molecular complexity index is 2680. The van der Waals surface area contributed by atoms with E-state index in [1.807, 2.05) is 11.3 Å². The molecule has 1 aliphatic rings. The van der Waals surface area contributed by atoms with Crippen LogP contribution < -0.4 is 4.90 Å². The first-order chi connectivity index (χ1) is 22.5. The molecule has 0 N–H and O–H groups in total. The van der Waals surface area contributed by atoms with E-state index in [4.69, 9.17) is 4.42 Å². The molecule has 0 aliphatic heterocycles. The molecule has 2 heterocycles. The van der Waals surface area contributed by atoms with Gasteiger partial charge in [0.25, 0.3) is 0 Å². The predicted molar refractivity (Wildman–Crippen MR) is 196 cm³/mol. The predicted octanol–water partition coefficient (Wildman–Crippen LogP) is 12.9. The van der Waals surface area contributed by atoms with Gasteiger partial charge in [-0.15, -0.1) is 11.3 Å². The van der Waals surface area contributed by atoms with E-state index in [0.717, 1.165) is 33.6 Å². The summed E-state index contributed by atoms with van der Waals surface area (Å²) in [6.45, 7) is 4.67. The summed E-state index contributed by atoms with van der Waals surface area (Å²) in [6, 6.07) is 50.9. The minimum atomic E-state index is -0.0274. The Morgan fingerprint density at radius 1 is 0.522 bits per heavy atom. The number of hydrogen-bond donors (Lipinski definition) is 0. The van der Waals surface area contributed by atoms with Gasteiger partial charge >= 0.3 is 0 Å². The fraction of sp³-hybridized carbons (Fsp3) is 0.0698. The molecule has 1 aliphatic carbocycles. The van der Waals surface area contributed by atoms with Crippen LogP contribution in [0, 0.1) is 0 Å². The molecule has 2 aromatic heterocycles. The lowest BCUT2D eigenvalue weighted by Crippen LogP contribution is -2.15. The quantitative estimate of drug-likeness (QED) is 0.199. The number of furan rings is 1. The zero-order valence-corrected chi connectivity index (χ0v) is 26.4. The first-order valence-corrected chi connectivity index (χ1v) is 16.7. The number of fused-ring (bicyclic) bond motifs is 11. The van der Waals surface area contributed by atoms with Crippen molar-refractivity contribution in [1.29, 1.82) is 0 Å². The van der Waals surface area contributed by atoms with Gasteiger partial charge in [0.05, 0.1) is 0 Å². The van der Waals surface area contributed by atoms with E-state index in [0.29, 0.717) is 0 Å². The Labute approximate surface area is 270 Å². The Morgan fingerprint density at radius 3 is 2.09 bits per heavy atom. The second kappa shape index (κ2) is 9.32. The molecule has 0 atom stereocenters. The van der Waals surface area contributed by atoms with Crippen molar-refractivity contribution in [2.45, 2.75) is 19.3 Å². The van der Waals surface area contributed by atoms with Gasteiger partial charge in [-0.1, -0.05) is 86.6 Å².